The van der Waals surface area contributed by atoms with E-state index in [1.54, 1.807) is 0 Å². The van der Waals surface area contributed by atoms with Crippen LogP contribution in [0.5, 0.6) is 0 Å². The minimum Gasteiger partial charge on any atom is -0.135 e. The standard InChI is InChI=1S/C54H34S2/c1-2-16-42-41(15-1)43-27-25-35(33-11-7-13-37(29-33)39-19-9-21-47-45-17-3-5-23-51(45)55-53(39)47)31-49(43)50-32-36(26-28-44(42)50)34-12-8-14-38(30-34)40-20-10-22-48-46-18-4-6-24-52(46)56-54(40)48/h1-32,43,49H. The molecule has 2 atom stereocenters. The molecular formula is C54H34S2. The normalized spacial score (nSPS) is 15.9. The lowest BCUT2D eigenvalue weighted by molar-refractivity contribution is 0.723. The molecule has 2 aromatic heterocycles. The number of hydrogen-bond acceptors (Lipinski definition) is 2. The molecule has 0 fully saturated rings. The molecule has 10 aromatic rings. The van der Waals surface area contributed by atoms with E-state index in [1.807, 2.05) is 22.7 Å². The maximum Gasteiger partial charge on any atom is 0.0433 e. The van der Waals surface area contributed by atoms with Gasteiger partial charge in [-0.3, -0.25) is 0 Å². The van der Waals surface area contributed by atoms with Gasteiger partial charge >= 0.3 is 0 Å². The Balaban J connectivity index is 0.957. The summed E-state index contributed by atoms with van der Waals surface area (Å²) in [6.07, 6.45) is 7.37. The van der Waals surface area contributed by atoms with Crippen LogP contribution < -0.4 is 0 Å². The van der Waals surface area contributed by atoms with Crippen molar-refractivity contribution in [2.75, 3.05) is 0 Å². The van der Waals surface area contributed by atoms with Gasteiger partial charge in [-0.25, -0.2) is 0 Å². The number of thiophene rings is 2. The average Bonchev–Trinajstić information content (AvgIpc) is 3.85. The Labute approximate surface area is 334 Å². The molecule has 0 aliphatic heterocycles. The fourth-order valence-electron chi connectivity index (χ4n) is 9.43. The van der Waals surface area contributed by atoms with E-state index in [9.17, 15) is 0 Å². The van der Waals surface area contributed by atoms with Crippen molar-refractivity contribution < 1.29 is 0 Å². The zero-order chi connectivity index (χ0) is 36.7. The topological polar surface area (TPSA) is 0 Å². The number of benzene rings is 8. The Bertz CT molecular complexity index is 3280. The Morgan fingerprint density at radius 3 is 1.57 bits per heavy atom. The first-order chi connectivity index (χ1) is 27.7. The van der Waals surface area contributed by atoms with Gasteiger partial charge in [0.25, 0.3) is 0 Å². The SMILES string of the molecule is C1=CC2c3ccccc3-c3ccc(-c4cccc(-c5cccc6c5sc5ccccc56)c4)cc3C2C=C1c1cccc(-c2cccc3c2sc2ccccc23)c1. The predicted octanol–water partition coefficient (Wildman–Crippen LogP) is 15.9. The highest BCUT2D eigenvalue weighted by atomic mass is 32.1. The fourth-order valence-corrected chi connectivity index (χ4v) is 11.9. The van der Waals surface area contributed by atoms with Crippen LogP contribution in [0.25, 0.3) is 90.4 Å². The van der Waals surface area contributed by atoms with Crippen molar-refractivity contribution >= 4 is 68.6 Å². The Morgan fingerprint density at radius 1 is 0.339 bits per heavy atom. The molecule has 2 unspecified atom stereocenters. The second-order valence-electron chi connectivity index (χ2n) is 15.1. The first kappa shape index (κ1) is 32.0. The number of rotatable bonds is 4. The molecule has 2 heteroatoms. The third-order valence-electron chi connectivity index (χ3n) is 12.1. The van der Waals surface area contributed by atoms with Crippen molar-refractivity contribution in [3.8, 4) is 44.5 Å². The summed E-state index contributed by atoms with van der Waals surface area (Å²) in [7, 11) is 0. The molecule has 2 aliphatic carbocycles. The van der Waals surface area contributed by atoms with Crippen LogP contribution in [0, 0.1) is 0 Å². The lowest BCUT2D eigenvalue weighted by Gasteiger charge is -2.35. The van der Waals surface area contributed by atoms with Gasteiger partial charge in [-0.15, -0.1) is 22.7 Å². The second kappa shape index (κ2) is 12.6. The minimum absolute atomic E-state index is 0.227. The summed E-state index contributed by atoms with van der Waals surface area (Å²) in [5.74, 6) is 0.509. The van der Waals surface area contributed by atoms with Crippen LogP contribution in [0.2, 0.25) is 0 Å². The Morgan fingerprint density at radius 2 is 0.857 bits per heavy atom. The molecule has 8 aromatic carbocycles. The molecule has 0 spiro atoms. The van der Waals surface area contributed by atoms with Crippen LogP contribution in [-0.2, 0) is 0 Å². The molecule has 0 nitrogen and oxygen atoms in total. The van der Waals surface area contributed by atoms with E-state index in [0.29, 0.717) is 0 Å². The zero-order valence-corrected chi connectivity index (χ0v) is 32.1. The molecule has 2 heterocycles. The summed E-state index contributed by atoms with van der Waals surface area (Å²) in [6, 6.07) is 65.6. The van der Waals surface area contributed by atoms with Gasteiger partial charge in [0, 0.05) is 52.2 Å². The number of fused-ring (bicyclic) bond motifs is 12. The molecule has 0 saturated heterocycles. The van der Waals surface area contributed by atoms with Crippen molar-refractivity contribution in [2.24, 2.45) is 0 Å². The van der Waals surface area contributed by atoms with Crippen molar-refractivity contribution in [1.29, 1.82) is 0 Å². The molecule has 0 radical (unpaired) electrons. The smallest absolute Gasteiger partial charge is 0.0433 e. The van der Waals surface area contributed by atoms with Crippen LogP contribution in [-0.4, -0.2) is 0 Å². The van der Waals surface area contributed by atoms with Crippen LogP contribution in [0.4, 0.5) is 0 Å². The molecule has 12 rings (SSSR count). The van der Waals surface area contributed by atoms with E-state index >= 15 is 0 Å². The molecule has 0 saturated carbocycles. The van der Waals surface area contributed by atoms with E-state index in [-0.39, 0.29) is 11.8 Å². The van der Waals surface area contributed by atoms with Crippen LogP contribution >= 0.6 is 22.7 Å². The summed E-state index contributed by atoms with van der Waals surface area (Å²) < 4.78 is 5.39. The van der Waals surface area contributed by atoms with Crippen LogP contribution in [0.1, 0.15) is 28.5 Å². The van der Waals surface area contributed by atoms with Gasteiger partial charge in [-0.05, 0) is 97.1 Å². The predicted molar refractivity (Wildman–Crippen MR) is 243 cm³/mol. The highest BCUT2D eigenvalue weighted by molar-refractivity contribution is 7.26. The molecule has 262 valence electrons. The number of allylic oxidation sites excluding steroid dienone is 4. The fraction of sp³-hybridized carbons (Fsp3) is 0.0370. The van der Waals surface area contributed by atoms with Gasteiger partial charge in [0.2, 0.25) is 0 Å². The molecule has 0 amide bonds. The molecule has 0 bridgehead atoms. The van der Waals surface area contributed by atoms with Crippen molar-refractivity contribution in [2.45, 2.75) is 11.8 Å². The highest BCUT2D eigenvalue weighted by Crippen LogP contribution is 2.52. The first-order valence-corrected chi connectivity index (χ1v) is 21.0. The van der Waals surface area contributed by atoms with E-state index in [1.165, 1.54) is 107 Å². The lowest BCUT2D eigenvalue weighted by atomic mass is 9.68. The molecule has 0 N–H and O–H groups in total. The Kier molecular flexibility index (Phi) is 7.20. The van der Waals surface area contributed by atoms with Gasteiger partial charge in [0.05, 0.1) is 0 Å². The van der Waals surface area contributed by atoms with Gasteiger partial charge < -0.3 is 0 Å². The van der Waals surface area contributed by atoms with E-state index in [0.717, 1.165) is 0 Å². The van der Waals surface area contributed by atoms with Crippen LogP contribution in [0.3, 0.4) is 0 Å². The van der Waals surface area contributed by atoms with E-state index in [4.69, 9.17) is 0 Å². The van der Waals surface area contributed by atoms with Gasteiger partial charge in [-0.2, -0.15) is 0 Å². The third-order valence-corrected chi connectivity index (χ3v) is 14.5. The third kappa shape index (κ3) is 4.96. The quantitative estimate of drug-likeness (QED) is 0.168. The van der Waals surface area contributed by atoms with E-state index < -0.39 is 0 Å². The second-order valence-corrected chi connectivity index (χ2v) is 17.2. The largest absolute Gasteiger partial charge is 0.135 e. The van der Waals surface area contributed by atoms with Gasteiger partial charge in [0.1, 0.15) is 0 Å². The summed E-state index contributed by atoms with van der Waals surface area (Å²) >= 11 is 3.79. The summed E-state index contributed by atoms with van der Waals surface area (Å²) in [5.41, 5.74) is 15.7. The lowest BCUT2D eigenvalue weighted by Crippen LogP contribution is -2.17. The Hall–Kier alpha value is -6.32. The maximum atomic E-state index is 2.54. The van der Waals surface area contributed by atoms with Crippen molar-refractivity contribution in [1.82, 2.24) is 0 Å². The minimum atomic E-state index is 0.227. The summed E-state index contributed by atoms with van der Waals surface area (Å²) in [4.78, 5) is 0. The van der Waals surface area contributed by atoms with Gasteiger partial charge in [0.15, 0.2) is 0 Å². The zero-order valence-electron chi connectivity index (χ0n) is 30.4. The summed E-state index contributed by atoms with van der Waals surface area (Å²) in [6.45, 7) is 0. The number of hydrogen-bond donors (Lipinski definition) is 0. The maximum absolute atomic E-state index is 2.54. The highest BCUT2D eigenvalue weighted by Gasteiger charge is 2.33. The van der Waals surface area contributed by atoms with Crippen LogP contribution in [0.15, 0.2) is 194 Å². The van der Waals surface area contributed by atoms with Crippen molar-refractivity contribution in [3.05, 3.63) is 211 Å². The molecule has 2 aliphatic rings. The first-order valence-electron chi connectivity index (χ1n) is 19.4. The summed E-state index contributed by atoms with van der Waals surface area (Å²) in [5, 5.41) is 5.35. The van der Waals surface area contributed by atoms with Gasteiger partial charge in [-0.1, -0.05) is 164 Å². The van der Waals surface area contributed by atoms with E-state index in [2.05, 4.69) is 194 Å². The average molecular weight is 747 g/mol. The van der Waals surface area contributed by atoms with Crippen molar-refractivity contribution in [3.63, 3.8) is 0 Å². The monoisotopic (exact) mass is 746 g/mol. The molecular weight excluding hydrogens is 713 g/mol. The molecule has 56 heavy (non-hydrogen) atoms.